The van der Waals surface area contributed by atoms with Gasteiger partial charge in [-0.15, -0.1) is 0 Å². The van der Waals surface area contributed by atoms with Crippen molar-refractivity contribution >= 4 is 14.3 Å². The third kappa shape index (κ3) is 1.91. The Balaban J connectivity index is 1.73. The molecule has 114 valence electrons. The van der Waals surface area contributed by atoms with Crippen LogP contribution < -0.4 is 0 Å². The van der Waals surface area contributed by atoms with E-state index in [0.717, 1.165) is 12.3 Å². The molecule has 0 amide bonds. The molecule has 1 N–H and O–H groups in total. The molecule has 0 aromatic rings. The summed E-state index contributed by atoms with van der Waals surface area (Å²) in [5.74, 6) is 0.507. The lowest BCUT2D eigenvalue weighted by molar-refractivity contribution is -0.140. The Bertz CT molecular complexity index is 394. The first-order chi connectivity index (χ1) is 9.52. The zero-order chi connectivity index (χ0) is 14.5. The topological polar surface area (TPSA) is 46.5 Å². The largest absolute Gasteiger partial charge is 0.481 e. The molecule has 5 atom stereocenters. The van der Waals surface area contributed by atoms with Crippen molar-refractivity contribution in [3.05, 3.63) is 0 Å². The molecule has 0 radical (unpaired) electrons. The molecule has 0 aromatic heterocycles. The molecule has 2 bridgehead atoms. The van der Waals surface area contributed by atoms with Crippen LogP contribution in [0.5, 0.6) is 0 Å². The molecule has 4 heteroatoms. The highest BCUT2D eigenvalue weighted by molar-refractivity contribution is 6.73. The summed E-state index contributed by atoms with van der Waals surface area (Å²) in [6, 6.07) is 3.60. The molecule has 0 saturated heterocycles. The van der Waals surface area contributed by atoms with E-state index in [0.29, 0.717) is 12.0 Å². The SMILES string of the molecule is CC[Si](CC)(CC)OC1[C@@H]2CC[C@@]1([C@@H]1C[C@H]1C(=O)O)C2. The molecule has 0 heterocycles. The van der Waals surface area contributed by atoms with Crippen molar-refractivity contribution in [1.82, 2.24) is 0 Å². The normalized spacial score (nSPS) is 42.4. The molecule has 0 aromatic carbocycles. The van der Waals surface area contributed by atoms with E-state index >= 15 is 0 Å². The van der Waals surface area contributed by atoms with E-state index < -0.39 is 14.3 Å². The van der Waals surface area contributed by atoms with Gasteiger partial charge in [0.1, 0.15) is 0 Å². The Kier molecular flexibility index (Phi) is 3.53. The number of aliphatic carboxylic acids is 1. The summed E-state index contributed by atoms with van der Waals surface area (Å²) in [5.41, 5.74) is 0.255. The highest BCUT2D eigenvalue weighted by atomic mass is 28.4. The first-order valence-corrected chi connectivity index (χ1v) is 11.0. The summed E-state index contributed by atoms with van der Waals surface area (Å²) < 4.78 is 6.79. The summed E-state index contributed by atoms with van der Waals surface area (Å²) in [6.07, 6.45) is 5.05. The maximum atomic E-state index is 11.2. The molecule has 4 saturated carbocycles. The Morgan fingerprint density at radius 1 is 1.30 bits per heavy atom. The van der Waals surface area contributed by atoms with Crippen LogP contribution in [0.2, 0.25) is 18.1 Å². The minimum atomic E-state index is -1.56. The number of carboxylic acid groups (broad SMARTS) is 1. The van der Waals surface area contributed by atoms with Gasteiger partial charge in [-0.2, -0.15) is 0 Å². The number of carbonyl (C=O) groups is 1. The zero-order valence-corrected chi connectivity index (χ0v) is 14.0. The lowest BCUT2D eigenvalue weighted by atomic mass is 9.63. The highest BCUT2D eigenvalue weighted by Gasteiger charge is 2.70. The van der Waals surface area contributed by atoms with Gasteiger partial charge in [0.05, 0.1) is 12.0 Å². The average molecular weight is 296 g/mol. The predicted octanol–water partition coefficient (Wildman–Crippen LogP) is 3.90. The third-order valence-electron chi connectivity index (χ3n) is 6.77. The van der Waals surface area contributed by atoms with Gasteiger partial charge in [-0.3, -0.25) is 4.79 Å². The Morgan fingerprint density at radius 3 is 2.40 bits per heavy atom. The van der Waals surface area contributed by atoms with Crippen molar-refractivity contribution in [2.45, 2.75) is 70.7 Å². The monoisotopic (exact) mass is 296 g/mol. The van der Waals surface area contributed by atoms with Crippen molar-refractivity contribution in [3.8, 4) is 0 Å². The fourth-order valence-corrected chi connectivity index (χ4v) is 8.07. The molecular weight excluding hydrogens is 268 g/mol. The summed E-state index contributed by atoms with van der Waals surface area (Å²) in [5, 5.41) is 9.24. The number of hydrogen-bond donors (Lipinski definition) is 1. The molecule has 1 unspecified atom stereocenters. The van der Waals surface area contributed by atoms with E-state index in [1.165, 1.54) is 37.4 Å². The van der Waals surface area contributed by atoms with Crippen LogP contribution in [0, 0.1) is 23.2 Å². The molecule has 4 rings (SSSR count). The summed E-state index contributed by atoms with van der Waals surface area (Å²) in [6.45, 7) is 6.84. The van der Waals surface area contributed by atoms with E-state index in [1.807, 2.05) is 0 Å². The zero-order valence-electron chi connectivity index (χ0n) is 13.0. The second-order valence-corrected chi connectivity index (χ2v) is 12.0. The Labute approximate surface area is 123 Å². The average Bonchev–Trinajstić information content (AvgIpc) is 3.03. The van der Waals surface area contributed by atoms with E-state index in [9.17, 15) is 9.90 Å². The van der Waals surface area contributed by atoms with Gasteiger partial charge < -0.3 is 9.53 Å². The lowest BCUT2D eigenvalue weighted by Crippen LogP contribution is -2.55. The fraction of sp³-hybridized carbons (Fsp3) is 0.938. The maximum Gasteiger partial charge on any atom is 0.306 e. The minimum absolute atomic E-state index is 0.0684. The molecule has 20 heavy (non-hydrogen) atoms. The van der Waals surface area contributed by atoms with Gasteiger partial charge in [0.25, 0.3) is 0 Å². The van der Waals surface area contributed by atoms with Gasteiger partial charge in [0.2, 0.25) is 0 Å². The summed E-state index contributed by atoms with van der Waals surface area (Å²) >= 11 is 0. The number of carboxylic acids is 1. The Morgan fingerprint density at radius 2 is 1.95 bits per heavy atom. The van der Waals surface area contributed by atoms with E-state index in [2.05, 4.69) is 20.8 Å². The van der Waals surface area contributed by atoms with Crippen LogP contribution in [0.25, 0.3) is 0 Å². The molecule has 4 aliphatic rings. The van der Waals surface area contributed by atoms with Crippen LogP contribution in [0.15, 0.2) is 0 Å². The van der Waals surface area contributed by atoms with Crippen LogP contribution >= 0.6 is 0 Å². The first kappa shape index (κ1) is 14.6. The van der Waals surface area contributed by atoms with Gasteiger partial charge in [-0.25, -0.2) is 0 Å². The van der Waals surface area contributed by atoms with Crippen LogP contribution in [-0.2, 0) is 9.22 Å². The smallest absolute Gasteiger partial charge is 0.306 e. The van der Waals surface area contributed by atoms with Crippen LogP contribution in [0.1, 0.15) is 46.5 Å². The highest BCUT2D eigenvalue weighted by Crippen LogP contribution is 2.71. The molecule has 4 fully saturated rings. The van der Waals surface area contributed by atoms with Gasteiger partial charge in [-0.05, 0) is 61.1 Å². The van der Waals surface area contributed by atoms with E-state index in [-0.39, 0.29) is 11.3 Å². The van der Waals surface area contributed by atoms with Gasteiger partial charge >= 0.3 is 5.97 Å². The fourth-order valence-electron chi connectivity index (χ4n) is 5.11. The molecule has 0 aliphatic heterocycles. The second-order valence-electron chi connectivity index (χ2n) is 7.31. The second kappa shape index (κ2) is 4.84. The predicted molar refractivity (Wildman–Crippen MR) is 81.1 cm³/mol. The maximum absolute atomic E-state index is 11.2. The Hall–Kier alpha value is -0.353. The molecule has 3 nitrogen and oxygen atoms in total. The van der Waals surface area contributed by atoms with Gasteiger partial charge in [0, 0.05) is 0 Å². The molecule has 4 aliphatic carbocycles. The van der Waals surface area contributed by atoms with Gasteiger partial charge in [0.15, 0.2) is 8.32 Å². The van der Waals surface area contributed by atoms with Crippen molar-refractivity contribution < 1.29 is 14.3 Å². The van der Waals surface area contributed by atoms with Crippen molar-refractivity contribution in [1.29, 1.82) is 0 Å². The third-order valence-corrected chi connectivity index (χ3v) is 11.4. The number of rotatable bonds is 7. The van der Waals surface area contributed by atoms with Crippen LogP contribution in [0.3, 0.4) is 0 Å². The number of fused-ring (bicyclic) bond motifs is 1. The standard InChI is InChI=1S/C16H28O3Si/c1-4-20(5-2,6-3)19-14-11-7-8-16(14,10-11)13-9-12(13)15(17)18/h11-14H,4-10H2,1-3H3,(H,17,18)/t11-,12-,13-,14?,16+/m1/s1. The minimum Gasteiger partial charge on any atom is -0.481 e. The molecular formula is C16H28O3Si. The van der Waals surface area contributed by atoms with E-state index in [1.54, 1.807) is 0 Å². The van der Waals surface area contributed by atoms with Gasteiger partial charge in [-0.1, -0.05) is 20.8 Å². The lowest BCUT2D eigenvalue weighted by Gasteiger charge is -2.52. The van der Waals surface area contributed by atoms with Crippen molar-refractivity contribution in [3.63, 3.8) is 0 Å². The quantitative estimate of drug-likeness (QED) is 0.725. The first-order valence-electron chi connectivity index (χ1n) is 8.42. The van der Waals surface area contributed by atoms with Crippen LogP contribution in [0.4, 0.5) is 0 Å². The summed E-state index contributed by atoms with van der Waals surface area (Å²) in [4.78, 5) is 11.2. The van der Waals surface area contributed by atoms with Crippen molar-refractivity contribution in [2.75, 3.05) is 0 Å². The molecule has 0 spiro atoms. The van der Waals surface area contributed by atoms with E-state index in [4.69, 9.17) is 4.43 Å². The van der Waals surface area contributed by atoms with Crippen molar-refractivity contribution in [2.24, 2.45) is 23.2 Å². The van der Waals surface area contributed by atoms with Crippen LogP contribution in [-0.4, -0.2) is 25.5 Å². The number of hydrogen-bond acceptors (Lipinski definition) is 2. The summed E-state index contributed by atoms with van der Waals surface area (Å²) in [7, 11) is -1.56.